The van der Waals surface area contributed by atoms with Crippen molar-refractivity contribution in [2.75, 3.05) is 0 Å². The summed E-state index contributed by atoms with van der Waals surface area (Å²) in [7, 11) is 0. The van der Waals surface area contributed by atoms with Crippen molar-refractivity contribution in [3.63, 3.8) is 0 Å². The summed E-state index contributed by atoms with van der Waals surface area (Å²) in [6.45, 7) is 4.13. The van der Waals surface area contributed by atoms with E-state index in [9.17, 15) is 4.79 Å². The van der Waals surface area contributed by atoms with Crippen LogP contribution in [0, 0.1) is 5.92 Å². The van der Waals surface area contributed by atoms with Crippen molar-refractivity contribution < 1.29 is 9.21 Å². The molecule has 0 saturated heterocycles. The van der Waals surface area contributed by atoms with E-state index in [-0.39, 0.29) is 5.78 Å². The first-order valence-corrected chi connectivity index (χ1v) is 5.97. The Labute approximate surface area is 96.3 Å². The lowest BCUT2D eigenvalue weighted by Crippen LogP contribution is -2.03. The van der Waals surface area contributed by atoms with Gasteiger partial charge < -0.3 is 4.42 Å². The van der Waals surface area contributed by atoms with E-state index >= 15 is 0 Å². The number of carbonyl (C=O) groups excluding carboxylic acids is 1. The zero-order valence-corrected chi connectivity index (χ0v) is 9.95. The van der Waals surface area contributed by atoms with Gasteiger partial charge in [0.2, 0.25) is 0 Å². The maximum absolute atomic E-state index is 11.7. The van der Waals surface area contributed by atoms with Gasteiger partial charge in [-0.3, -0.25) is 4.79 Å². The topological polar surface area (TPSA) is 30.2 Å². The second kappa shape index (κ2) is 4.69. The van der Waals surface area contributed by atoms with Gasteiger partial charge in [-0.2, -0.15) is 0 Å². The Kier molecular flexibility index (Phi) is 3.28. The van der Waals surface area contributed by atoms with E-state index in [0.717, 1.165) is 30.6 Å². The number of ketones is 1. The van der Waals surface area contributed by atoms with E-state index in [1.165, 1.54) is 5.56 Å². The van der Waals surface area contributed by atoms with Gasteiger partial charge in [-0.15, -0.1) is 0 Å². The van der Waals surface area contributed by atoms with Crippen LogP contribution in [0.3, 0.4) is 0 Å². The van der Waals surface area contributed by atoms with Crippen LogP contribution in [0.25, 0.3) is 5.57 Å². The number of furan rings is 1. The molecule has 0 unspecified atom stereocenters. The second-order valence-electron chi connectivity index (χ2n) is 4.86. The zero-order valence-electron chi connectivity index (χ0n) is 9.95. The monoisotopic (exact) mass is 218 g/mol. The number of hydrogen-bond acceptors (Lipinski definition) is 2. The molecule has 2 nitrogen and oxygen atoms in total. The summed E-state index contributed by atoms with van der Waals surface area (Å²) in [4.78, 5) is 11.7. The van der Waals surface area contributed by atoms with Gasteiger partial charge in [0.05, 0.1) is 6.26 Å². The molecule has 0 atom stereocenters. The first-order chi connectivity index (χ1) is 7.66. The Hall–Kier alpha value is -1.31. The van der Waals surface area contributed by atoms with Gasteiger partial charge in [0.1, 0.15) is 5.76 Å². The maximum atomic E-state index is 11.7. The number of aryl methyl sites for hydroxylation is 1. The highest BCUT2D eigenvalue weighted by Gasteiger charge is 2.18. The second-order valence-corrected chi connectivity index (χ2v) is 4.86. The maximum Gasteiger partial charge on any atom is 0.156 e. The largest absolute Gasteiger partial charge is 0.464 e. The number of carbonyl (C=O) groups is 1. The first-order valence-electron chi connectivity index (χ1n) is 5.97. The molecule has 1 heterocycles. The fraction of sp³-hybridized carbons (Fsp3) is 0.500. The van der Waals surface area contributed by atoms with Crippen molar-refractivity contribution in [3.05, 3.63) is 29.7 Å². The van der Waals surface area contributed by atoms with E-state index < -0.39 is 0 Å². The van der Waals surface area contributed by atoms with Crippen molar-refractivity contribution in [3.8, 4) is 0 Å². The third kappa shape index (κ3) is 2.43. The molecule has 0 N–H and O–H groups in total. The molecule has 0 fully saturated rings. The SMILES string of the molecule is CC(C)CC(=O)/C=C1/CCCc2ccoc21. The molecule has 1 aliphatic carbocycles. The average molecular weight is 218 g/mol. The molecule has 2 rings (SSSR count). The van der Waals surface area contributed by atoms with Crippen LogP contribution < -0.4 is 0 Å². The number of allylic oxidation sites excluding steroid dienone is 2. The molecule has 1 aromatic heterocycles. The van der Waals surface area contributed by atoms with E-state index in [1.54, 1.807) is 12.3 Å². The minimum atomic E-state index is 0.217. The Morgan fingerprint density at radius 2 is 2.31 bits per heavy atom. The van der Waals surface area contributed by atoms with Gasteiger partial charge in [-0.1, -0.05) is 13.8 Å². The molecule has 0 aliphatic heterocycles. The predicted octanol–water partition coefficient (Wildman–Crippen LogP) is 3.61. The van der Waals surface area contributed by atoms with Crippen molar-refractivity contribution in [1.82, 2.24) is 0 Å². The van der Waals surface area contributed by atoms with Gasteiger partial charge in [0.25, 0.3) is 0 Å². The number of fused-ring (bicyclic) bond motifs is 1. The minimum absolute atomic E-state index is 0.217. The van der Waals surface area contributed by atoms with Gasteiger partial charge in [0, 0.05) is 6.42 Å². The van der Waals surface area contributed by atoms with Crippen LogP contribution >= 0.6 is 0 Å². The number of rotatable bonds is 3. The lowest BCUT2D eigenvalue weighted by molar-refractivity contribution is -0.115. The predicted molar refractivity (Wildman–Crippen MR) is 64.1 cm³/mol. The molecule has 1 aromatic rings. The molecule has 16 heavy (non-hydrogen) atoms. The third-order valence-corrected chi connectivity index (χ3v) is 2.88. The molecule has 1 aliphatic rings. The summed E-state index contributed by atoms with van der Waals surface area (Å²) >= 11 is 0. The van der Waals surface area contributed by atoms with Crippen molar-refractivity contribution >= 4 is 11.4 Å². The lowest BCUT2D eigenvalue weighted by Gasteiger charge is -2.13. The van der Waals surface area contributed by atoms with Crippen LogP contribution in [0.15, 0.2) is 22.8 Å². The van der Waals surface area contributed by atoms with Crippen LogP contribution in [-0.2, 0) is 11.2 Å². The summed E-state index contributed by atoms with van der Waals surface area (Å²) in [5, 5.41) is 0. The van der Waals surface area contributed by atoms with E-state index in [4.69, 9.17) is 4.42 Å². The van der Waals surface area contributed by atoms with Crippen molar-refractivity contribution in [1.29, 1.82) is 0 Å². The molecule has 0 spiro atoms. The summed E-state index contributed by atoms with van der Waals surface area (Å²) in [5.74, 6) is 1.57. The third-order valence-electron chi connectivity index (χ3n) is 2.88. The quantitative estimate of drug-likeness (QED) is 0.725. The summed E-state index contributed by atoms with van der Waals surface area (Å²) in [6, 6.07) is 2.01. The summed E-state index contributed by atoms with van der Waals surface area (Å²) in [5.41, 5.74) is 2.33. The Bertz CT molecular complexity index is 410. The molecule has 0 saturated carbocycles. The van der Waals surface area contributed by atoms with Gasteiger partial charge >= 0.3 is 0 Å². The van der Waals surface area contributed by atoms with Crippen molar-refractivity contribution in [2.45, 2.75) is 39.5 Å². The fourth-order valence-corrected chi connectivity index (χ4v) is 2.19. The van der Waals surface area contributed by atoms with Gasteiger partial charge in [0.15, 0.2) is 5.78 Å². The summed E-state index contributed by atoms with van der Waals surface area (Å²) < 4.78 is 5.45. The molecular formula is C14H18O2. The zero-order chi connectivity index (χ0) is 11.5. The molecule has 0 amide bonds. The normalized spacial score (nSPS) is 17.8. The molecule has 86 valence electrons. The molecular weight excluding hydrogens is 200 g/mol. The first kappa shape index (κ1) is 11.2. The van der Waals surface area contributed by atoms with Gasteiger partial charge in [-0.25, -0.2) is 0 Å². The smallest absolute Gasteiger partial charge is 0.156 e. The molecule has 2 heteroatoms. The highest BCUT2D eigenvalue weighted by atomic mass is 16.3. The molecule has 0 aromatic carbocycles. The van der Waals surface area contributed by atoms with E-state index in [0.29, 0.717) is 12.3 Å². The van der Waals surface area contributed by atoms with Crippen molar-refractivity contribution in [2.24, 2.45) is 5.92 Å². The Morgan fingerprint density at radius 1 is 1.50 bits per heavy atom. The Balaban J connectivity index is 2.17. The highest BCUT2D eigenvalue weighted by Crippen LogP contribution is 2.31. The van der Waals surface area contributed by atoms with E-state index in [1.807, 2.05) is 6.07 Å². The van der Waals surface area contributed by atoms with Crippen LogP contribution in [0.5, 0.6) is 0 Å². The molecule has 0 radical (unpaired) electrons. The van der Waals surface area contributed by atoms with Crippen LogP contribution in [-0.4, -0.2) is 5.78 Å². The minimum Gasteiger partial charge on any atom is -0.464 e. The highest BCUT2D eigenvalue weighted by molar-refractivity contribution is 5.96. The standard InChI is InChI=1S/C14H18O2/c1-10(2)8-13(15)9-12-5-3-4-11-6-7-16-14(11)12/h6-7,9-10H,3-5,8H2,1-2H3/b12-9-. The average Bonchev–Trinajstić information content (AvgIpc) is 2.65. The van der Waals surface area contributed by atoms with Gasteiger partial charge in [-0.05, 0) is 48.5 Å². The van der Waals surface area contributed by atoms with Crippen LogP contribution in [0.2, 0.25) is 0 Å². The lowest BCUT2D eigenvalue weighted by atomic mass is 9.92. The van der Waals surface area contributed by atoms with Crippen LogP contribution in [0.1, 0.15) is 44.4 Å². The Morgan fingerprint density at radius 3 is 3.06 bits per heavy atom. The van der Waals surface area contributed by atoms with E-state index in [2.05, 4.69) is 13.8 Å². The fourth-order valence-electron chi connectivity index (χ4n) is 2.19. The molecule has 0 bridgehead atoms. The van der Waals surface area contributed by atoms with Crippen LogP contribution in [0.4, 0.5) is 0 Å². The number of hydrogen-bond donors (Lipinski definition) is 0. The summed E-state index contributed by atoms with van der Waals surface area (Å²) in [6.07, 6.45) is 7.27.